The van der Waals surface area contributed by atoms with Crippen molar-refractivity contribution in [2.45, 2.75) is 33.3 Å². The van der Waals surface area contributed by atoms with E-state index in [2.05, 4.69) is 0 Å². The summed E-state index contributed by atoms with van der Waals surface area (Å²) in [6.07, 6.45) is 0. The fourth-order valence-corrected chi connectivity index (χ4v) is 4.35. The lowest BCUT2D eigenvalue weighted by atomic mass is 9.75. The summed E-state index contributed by atoms with van der Waals surface area (Å²) in [7, 11) is 0. The summed E-state index contributed by atoms with van der Waals surface area (Å²) in [6, 6.07) is 10.5. The second kappa shape index (κ2) is 6.87. The average molecular weight is 418 g/mol. The zero-order valence-electron chi connectivity index (χ0n) is 17.6. The molecule has 3 aromatic carbocycles. The van der Waals surface area contributed by atoms with Gasteiger partial charge in [-0.15, -0.1) is 0 Å². The van der Waals surface area contributed by atoms with Crippen LogP contribution in [0.4, 0.5) is 0 Å². The molecule has 4 rings (SSSR count). The van der Waals surface area contributed by atoms with Crippen molar-refractivity contribution < 1.29 is 29.6 Å². The van der Waals surface area contributed by atoms with Crippen molar-refractivity contribution >= 4 is 11.9 Å². The second-order valence-corrected chi connectivity index (χ2v) is 8.01. The predicted octanol–water partition coefficient (Wildman–Crippen LogP) is 4.49. The number of aromatic carboxylic acids is 1. The maximum atomic E-state index is 13.0. The summed E-state index contributed by atoms with van der Waals surface area (Å²) in [5, 5.41) is 30.4. The number of ether oxygens (including phenoxy) is 1. The van der Waals surface area contributed by atoms with Gasteiger partial charge in [0.2, 0.25) is 0 Å². The minimum absolute atomic E-state index is 0.00508. The molecule has 158 valence electrons. The Morgan fingerprint density at radius 2 is 1.32 bits per heavy atom. The molecule has 1 heterocycles. The summed E-state index contributed by atoms with van der Waals surface area (Å²) in [5.41, 5.74) is 3.21. The van der Waals surface area contributed by atoms with E-state index in [0.717, 1.165) is 22.3 Å². The molecule has 0 unspecified atom stereocenters. The maximum Gasteiger partial charge on any atom is 0.340 e. The molecule has 1 aliphatic rings. The average Bonchev–Trinajstić information content (AvgIpc) is 3.00. The van der Waals surface area contributed by atoms with Crippen LogP contribution in [0.25, 0.3) is 0 Å². The first kappa shape index (κ1) is 20.5. The first-order chi connectivity index (χ1) is 14.6. The number of aromatic hydroxyl groups is 2. The molecular weight excluding hydrogens is 396 g/mol. The molecule has 0 amide bonds. The van der Waals surface area contributed by atoms with Gasteiger partial charge in [0.25, 0.3) is 0 Å². The molecule has 3 aromatic rings. The van der Waals surface area contributed by atoms with Crippen LogP contribution < -0.4 is 0 Å². The zero-order valence-corrected chi connectivity index (χ0v) is 17.6. The van der Waals surface area contributed by atoms with Gasteiger partial charge in [-0.25, -0.2) is 9.59 Å². The molecule has 31 heavy (non-hydrogen) atoms. The Labute approximate surface area is 179 Å². The van der Waals surface area contributed by atoms with E-state index in [-0.39, 0.29) is 22.6 Å². The molecule has 0 radical (unpaired) electrons. The first-order valence-corrected chi connectivity index (χ1v) is 9.78. The number of cyclic esters (lactones) is 1. The summed E-state index contributed by atoms with van der Waals surface area (Å²) >= 11 is 0. The summed E-state index contributed by atoms with van der Waals surface area (Å²) in [6.45, 7) is 7.36. The van der Waals surface area contributed by atoms with Crippen molar-refractivity contribution in [3.8, 4) is 11.5 Å². The van der Waals surface area contributed by atoms with E-state index in [0.29, 0.717) is 16.7 Å². The lowest BCUT2D eigenvalue weighted by molar-refractivity contribution is 0.0246. The Hall–Kier alpha value is -3.80. The molecule has 6 nitrogen and oxygen atoms in total. The van der Waals surface area contributed by atoms with Gasteiger partial charge in [0.05, 0.1) is 11.1 Å². The van der Waals surface area contributed by atoms with Gasteiger partial charge in [-0.1, -0.05) is 0 Å². The van der Waals surface area contributed by atoms with Crippen molar-refractivity contribution in [2.24, 2.45) is 0 Å². The Balaban J connectivity index is 2.21. The molecule has 0 aliphatic carbocycles. The molecule has 0 aromatic heterocycles. The number of carbonyl (C=O) groups excluding carboxylic acids is 1. The number of benzene rings is 3. The van der Waals surface area contributed by atoms with E-state index < -0.39 is 17.5 Å². The molecule has 1 aliphatic heterocycles. The van der Waals surface area contributed by atoms with Gasteiger partial charge in [0.15, 0.2) is 5.60 Å². The Morgan fingerprint density at radius 3 is 1.81 bits per heavy atom. The smallest absolute Gasteiger partial charge is 0.340 e. The third kappa shape index (κ3) is 2.94. The van der Waals surface area contributed by atoms with E-state index in [1.54, 1.807) is 12.1 Å². The Bertz CT molecular complexity index is 1210. The number of phenols is 2. The highest BCUT2D eigenvalue weighted by molar-refractivity contribution is 5.98. The topological polar surface area (TPSA) is 104 Å². The number of aryl methyl sites for hydroxylation is 2. The molecule has 0 atom stereocenters. The first-order valence-electron chi connectivity index (χ1n) is 9.78. The third-order valence-corrected chi connectivity index (χ3v) is 6.17. The number of fused-ring (bicyclic) bond motifs is 1. The second-order valence-electron chi connectivity index (χ2n) is 8.01. The van der Waals surface area contributed by atoms with Gasteiger partial charge < -0.3 is 20.1 Å². The number of carbonyl (C=O) groups is 2. The van der Waals surface area contributed by atoms with E-state index in [1.807, 2.05) is 27.7 Å². The predicted molar refractivity (Wildman–Crippen MR) is 114 cm³/mol. The minimum atomic E-state index is -1.53. The monoisotopic (exact) mass is 418 g/mol. The zero-order chi connectivity index (χ0) is 22.7. The number of esters is 1. The van der Waals surface area contributed by atoms with Crippen molar-refractivity contribution in [1.29, 1.82) is 0 Å². The van der Waals surface area contributed by atoms with Crippen LogP contribution in [0.2, 0.25) is 0 Å². The molecule has 3 N–H and O–H groups in total. The van der Waals surface area contributed by atoms with Gasteiger partial charge in [-0.3, -0.25) is 0 Å². The van der Waals surface area contributed by atoms with E-state index in [1.165, 1.54) is 30.3 Å². The van der Waals surface area contributed by atoms with Crippen LogP contribution in [0.3, 0.4) is 0 Å². The van der Waals surface area contributed by atoms with Crippen LogP contribution >= 0.6 is 0 Å². The van der Waals surface area contributed by atoms with Crippen molar-refractivity contribution in [3.63, 3.8) is 0 Å². The van der Waals surface area contributed by atoms with Gasteiger partial charge in [-0.05, 0) is 92.4 Å². The van der Waals surface area contributed by atoms with Gasteiger partial charge in [0, 0.05) is 16.7 Å². The third-order valence-electron chi connectivity index (χ3n) is 6.17. The van der Waals surface area contributed by atoms with Gasteiger partial charge in [-0.2, -0.15) is 0 Å². The highest BCUT2D eigenvalue weighted by atomic mass is 16.6. The SMILES string of the molecule is Cc1cc(O)cc(C2(c3cc(O)cc(C)c3C)OC(=O)c3ccc(C(=O)O)cc32)c1C. The normalized spacial score (nSPS) is 14.3. The minimum Gasteiger partial charge on any atom is -0.508 e. The Kier molecular flexibility index (Phi) is 4.54. The number of hydrogen-bond donors (Lipinski definition) is 3. The van der Waals surface area contributed by atoms with E-state index in [9.17, 15) is 24.9 Å². The molecule has 0 spiro atoms. The largest absolute Gasteiger partial charge is 0.508 e. The summed E-state index contributed by atoms with van der Waals surface area (Å²) < 4.78 is 6.05. The van der Waals surface area contributed by atoms with Crippen LogP contribution in [0.15, 0.2) is 42.5 Å². The van der Waals surface area contributed by atoms with E-state index in [4.69, 9.17) is 4.74 Å². The van der Waals surface area contributed by atoms with Gasteiger partial charge >= 0.3 is 11.9 Å². The van der Waals surface area contributed by atoms with Crippen LogP contribution in [-0.4, -0.2) is 27.3 Å². The Morgan fingerprint density at radius 1 is 0.806 bits per heavy atom. The molecule has 0 saturated carbocycles. The molecular formula is C25H22O6. The summed E-state index contributed by atoms with van der Waals surface area (Å²) in [5.74, 6) is -1.76. The maximum absolute atomic E-state index is 13.0. The van der Waals surface area contributed by atoms with Crippen molar-refractivity contribution in [2.75, 3.05) is 0 Å². The highest BCUT2D eigenvalue weighted by Crippen LogP contribution is 2.51. The van der Waals surface area contributed by atoms with Crippen LogP contribution in [-0.2, 0) is 10.3 Å². The molecule has 0 bridgehead atoms. The number of hydrogen-bond acceptors (Lipinski definition) is 5. The van der Waals surface area contributed by atoms with Crippen LogP contribution in [0, 0.1) is 27.7 Å². The van der Waals surface area contributed by atoms with Crippen LogP contribution in [0.5, 0.6) is 11.5 Å². The van der Waals surface area contributed by atoms with Gasteiger partial charge in [0.1, 0.15) is 11.5 Å². The lowest BCUT2D eigenvalue weighted by Crippen LogP contribution is -2.32. The summed E-state index contributed by atoms with van der Waals surface area (Å²) in [4.78, 5) is 24.7. The van der Waals surface area contributed by atoms with Crippen molar-refractivity contribution in [3.05, 3.63) is 92.5 Å². The number of carboxylic acid groups (broad SMARTS) is 1. The quantitative estimate of drug-likeness (QED) is 0.542. The van der Waals surface area contributed by atoms with Crippen LogP contribution in [0.1, 0.15) is 59.7 Å². The molecule has 6 heteroatoms. The highest BCUT2D eigenvalue weighted by Gasteiger charge is 2.51. The molecule has 0 fully saturated rings. The fourth-order valence-electron chi connectivity index (χ4n) is 4.35. The van der Waals surface area contributed by atoms with E-state index >= 15 is 0 Å². The lowest BCUT2D eigenvalue weighted by Gasteiger charge is -2.34. The number of carboxylic acids is 1. The standard InChI is InChI=1S/C25H22O6/c1-12-7-17(26)10-20(14(12)3)25(21-11-18(27)8-13(2)15(21)4)22-9-16(23(28)29)5-6-19(22)24(30)31-25/h5-11,26-27H,1-4H3,(H,28,29). The van der Waals surface area contributed by atoms with Crippen molar-refractivity contribution in [1.82, 2.24) is 0 Å². The molecule has 0 saturated heterocycles. The fraction of sp³-hybridized carbons (Fsp3) is 0.200. The number of rotatable bonds is 3. The number of phenolic OH excluding ortho intramolecular Hbond substituents is 2.